The molecule has 0 saturated carbocycles. The van der Waals surface area contributed by atoms with Crippen LogP contribution in [0.1, 0.15) is 22.8 Å². The van der Waals surface area contributed by atoms with Crippen LogP contribution in [0.5, 0.6) is 0 Å². The number of carbonyl (C=O) groups is 1. The fourth-order valence-electron chi connectivity index (χ4n) is 1.91. The average Bonchev–Trinajstić information content (AvgIpc) is 2.24. The van der Waals surface area contributed by atoms with Gasteiger partial charge in [-0.3, -0.25) is 4.79 Å². The number of benzene rings is 1. The van der Waals surface area contributed by atoms with Crippen LogP contribution in [0.4, 0.5) is 4.39 Å². The van der Waals surface area contributed by atoms with E-state index in [9.17, 15) is 14.3 Å². The van der Waals surface area contributed by atoms with E-state index in [0.717, 1.165) is 5.56 Å². The molecule has 1 rings (SSSR count). The van der Waals surface area contributed by atoms with Crippen LogP contribution < -0.4 is 5.32 Å². The molecule has 0 saturated heterocycles. The van der Waals surface area contributed by atoms with Gasteiger partial charge in [0.1, 0.15) is 5.82 Å². The molecule has 0 fully saturated rings. The number of hydrogen-bond donors (Lipinski definition) is 2. The van der Waals surface area contributed by atoms with Crippen LogP contribution in [-0.2, 0) is 0 Å². The van der Waals surface area contributed by atoms with Gasteiger partial charge in [-0.15, -0.1) is 0 Å². The lowest BCUT2D eigenvalue weighted by Gasteiger charge is -2.27. The number of nitrogens with zero attached hydrogens (tertiary/aromatic N) is 1. The summed E-state index contributed by atoms with van der Waals surface area (Å²) < 4.78 is 13.6. The summed E-state index contributed by atoms with van der Waals surface area (Å²) in [6, 6.07) is 4.43. The van der Waals surface area contributed by atoms with Crippen molar-refractivity contribution < 1.29 is 14.3 Å². The third-order valence-electron chi connectivity index (χ3n) is 2.66. The number of hydrogen-bond acceptors (Lipinski definition) is 3. The average molecular weight is 268 g/mol. The summed E-state index contributed by atoms with van der Waals surface area (Å²) in [5, 5.41) is 12.6. The zero-order valence-corrected chi connectivity index (χ0v) is 11.8. The summed E-state index contributed by atoms with van der Waals surface area (Å²) in [5.41, 5.74) is -0.305. The molecule has 0 heterocycles. The number of halogens is 1. The first-order chi connectivity index (χ1) is 8.71. The lowest BCUT2D eigenvalue weighted by Crippen LogP contribution is -2.47. The lowest BCUT2D eigenvalue weighted by atomic mass is 10.1. The highest BCUT2D eigenvalue weighted by Gasteiger charge is 2.23. The molecule has 0 aliphatic heterocycles. The van der Waals surface area contributed by atoms with E-state index in [-0.39, 0.29) is 12.1 Å². The van der Waals surface area contributed by atoms with Gasteiger partial charge in [-0.1, -0.05) is 6.07 Å². The minimum absolute atomic E-state index is 0.00810. The number of amides is 1. The van der Waals surface area contributed by atoms with Crippen molar-refractivity contribution in [2.75, 3.05) is 27.2 Å². The maximum atomic E-state index is 13.6. The van der Waals surface area contributed by atoms with E-state index in [0.29, 0.717) is 6.54 Å². The normalized spacial score (nSPS) is 14.3. The standard InChI is InChI=1S/C14H21FN2O2/c1-10-5-6-11(12(15)7-10)13(18)16-8-14(2,19)9-17(3)4/h5-7,19H,8-9H2,1-4H3,(H,16,18). The molecule has 19 heavy (non-hydrogen) atoms. The minimum atomic E-state index is -1.06. The summed E-state index contributed by atoms with van der Waals surface area (Å²) in [7, 11) is 3.66. The Morgan fingerprint density at radius 3 is 2.63 bits per heavy atom. The molecule has 1 aromatic rings. The van der Waals surface area contributed by atoms with Gasteiger partial charge < -0.3 is 15.3 Å². The fraction of sp³-hybridized carbons (Fsp3) is 0.500. The van der Waals surface area contributed by atoms with Crippen LogP contribution in [0, 0.1) is 12.7 Å². The Morgan fingerprint density at radius 1 is 1.47 bits per heavy atom. The van der Waals surface area contributed by atoms with Gasteiger partial charge in [0.2, 0.25) is 0 Å². The van der Waals surface area contributed by atoms with Crippen LogP contribution in [0.3, 0.4) is 0 Å². The molecule has 1 unspecified atom stereocenters. The molecule has 5 heteroatoms. The van der Waals surface area contributed by atoms with Crippen LogP contribution in [0.25, 0.3) is 0 Å². The van der Waals surface area contributed by atoms with E-state index in [1.165, 1.54) is 12.1 Å². The number of rotatable bonds is 5. The van der Waals surface area contributed by atoms with Gasteiger partial charge in [-0.2, -0.15) is 0 Å². The maximum Gasteiger partial charge on any atom is 0.254 e. The molecule has 4 nitrogen and oxygen atoms in total. The Hall–Kier alpha value is -1.46. The molecule has 2 N–H and O–H groups in total. The SMILES string of the molecule is Cc1ccc(C(=O)NCC(C)(O)CN(C)C)c(F)c1. The van der Waals surface area contributed by atoms with Gasteiger partial charge in [-0.05, 0) is 45.6 Å². The lowest BCUT2D eigenvalue weighted by molar-refractivity contribution is 0.0325. The molecular formula is C14H21FN2O2. The van der Waals surface area contributed by atoms with Gasteiger partial charge in [0, 0.05) is 13.1 Å². The van der Waals surface area contributed by atoms with Gasteiger partial charge in [0.25, 0.3) is 5.91 Å². The Bertz CT molecular complexity index is 459. The largest absolute Gasteiger partial charge is 0.387 e. The number of nitrogens with one attached hydrogen (secondary N) is 1. The van der Waals surface area contributed by atoms with E-state index < -0.39 is 17.3 Å². The van der Waals surface area contributed by atoms with Crippen molar-refractivity contribution in [3.63, 3.8) is 0 Å². The van der Waals surface area contributed by atoms with Crippen LogP contribution in [0.15, 0.2) is 18.2 Å². The molecular weight excluding hydrogens is 247 g/mol. The zero-order chi connectivity index (χ0) is 14.6. The molecule has 106 valence electrons. The van der Waals surface area contributed by atoms with Gasteiger partial charge in [-0.25, -0.2) is 4.39 Å². The molecule has 1 aromatic carbocycles. The van der Waals surface area contributed by atoms with E-state index in [1.807, 2.05) is 19.0 Å². The van der Waals surface area contributed by atoms with Crippen molar-refractivity contribution in [2.45, 2.75) is 19.4 Å². The Balaban J connectivity index is 2.65. The highest BCUT2D eigenvalue weighted by Crippen LogP contribution is 2.10. The first-order valence-electron chi connectivity index (χ1n) is 6.13. The fourth-order valence-corrected chi connectivity index (χ4v) is 1.91. The molecule has 1 atom stereocenters. The highest BCUT2D eigenvalue weighted by atomic mass is 19.1. The van der Waals surface area contributed by atoms with E-state index in [2.05, 4.69) is 5.32 Å². The molecule has 1 amide bonds. The predicted octanol–water partition coefficient (Wildman–Crippen LogP) is 1.18. The van der Waals surface area contributed by atoms with Crippen LogP contribution >= 0.6 is 0 Å². The molecule has 0 spiro atoms. The van der Waals surface area contributed by atoms with Crippen molar-refractivity contribution in [3.8, 4) is 0 Å². The first-order valence-corrected chi connectivity index (χ1v) is 6.13. The van der Waals surface area contributed by atoms with E-state index in [4.69, 9.17) is 0 Å². The summed E-state index contributed by atoms with van der Waals surface area (Å²) in [4.78, 5) is 13.7. The van der Waals surface area contributed by atoms with Crippen molar-refractivity contribution in [2.24, 2.45) is 0 Å². The smallest absolute Gasteiger partial charge is 0.254 e. The Kier molecular flexibility index (Phi) is 5.03. The first kappa shape index (κ1) is 15.6. The van der Waals surface area contributed by atoms with Crippen LogP contribution in [-0.4, -0.2) is 48.7 Å². The van der Waals surface area contributed by atoms with Gasteiger partial charge >= 0.3 is 0 Å². The third-order valence-corrected chi connectivity index (χ3v) is 2.66. The van der Waals surface area contributed by atoms with Crippen molar-refractivity contribution in [1.29, 1.82) is 0 Å². The van der Waals surface area contributed by atoms with Gasteiger partial charge in [0.05, 0.1) is 11.2 Å². The minimum Gasteiger partial charge on any atom is -0.387 e. The molecule has 0 aliphatic carbocycles. The maximum absolute atomic E-state index is 13.6. The molecule has 0 bridgehead atoms. The monoisotopic (exact) mass is 268 g/mol. The third kappa shape index (κ3) is 4.96. The second kappa shape index (κ2) is 6.12. The number of aliphatic hydroxyl groups is 1. The van der Waals surface area contributed by atoms with Crippen LogP contribution in [0.2, 0.25) is 0 Å². The van der Waals surface area contributed by atoms with Crippen molar-refractivity contribution in [3.05, 3.63) is 35.1 Å². The molecule has 0 radical (unpaired) electrons. The Labute approximate surface area is 113 Å². The number of likely N-dealkylation sites (N-methyl/N-ethyl adjacent to an activating group) is 1. The molecule has 0 aliphatic rings. The summed E-state index contributed by atoms with van der Waals surface area (Å²) in [5.74, 6) is -1.07. The number of carbonyl (C=O) groups excluding carboxylic acids is 1. The number of aryl methyl sites for hydroxylation is 1. The molecule has 0 aromatic heterocycles. The zero-order valence-electron chi connectivity index (χ0n) is 11.8. The van der Waals surface area contributed by atoms with Crippen molar-refractivity contribution >= 4 is 5.91 Å². The van der Waals surface area contributed by atoms with Crippen molar-refractivity contribution in [1.82, 2.24) is 10.2 Å². The van der Waals surface area contributed by atoms with E-state index >= 15 is 0 Å². The topological polar surface area (TPSA) is 52.6 Å². The van der Waals surface area contributed by atoms with Gasteiger partial charge in [0.15, 0.2) is 0 Å². The quantitative estimate of drug-likeness (QED) is 0.843. The second-order valence-electron chi connectivity index (χ2n) is 5.40. The summed E-state index contributed by atoms with van der Waals surface area (Å²) in [6.45, 7) is 3.85. The summed E-state index contributed by atoms with van der Waals surface area (Å²) >= 11 is 0. The predicted molar refractivity (Wildman–Crippen MR) is 72.6 cm³/mol. The summed E-state index contributed by atoms with van der Waals surface area (Å²) in [6.07, 6.45) is 0. The van der Waals surface area contributed by atoms with E-state index in [1.54, 1.807) is 19.9 Å². The Morgan fingerprint density at radius 2 is 2.11 bits per heavy atom. The highest BCUT2D eigenvalue weighted by molar-refractivity contribution is 5.94. The second-order valence-corrected chi connectivity index (χ2v) is 5.40.